The number of hydrogen-bond donors (Lipinski definition) is 10. The van der Waals surface area contributed by atoms with Gasteiger partial charge in [-0.3, -0.25) is 54.0 Å². The number of rotatable bonds is 25. The largest absolute Gasteiger partial charge is 0.389 e. The van der Waals surface area contributed by atoms with Crippen molar-refractivity contribution in [2.75, 3.05) is 71.8 Å². The van der Waals surface area contributed by atoms with Crippen LogP contribution in [0.15, 0.2) is 66.7 Å². The highest BCUT2D eigenvalue weighted by atomic mass is 32.1. The van der Waals surface area contributed by atoms with Crippen LogP contribution in [-0.2, 0) is 57.8 Å². The highest BCUT2D eigenvalue weighted by Crippen LogP contribution is 2.43. The average Bonchev–Trinajstić information content (AvgIpc) is 1.65. The van der Waals surface area contributed by atoms with Gasteiger partial charge in [0.05, 0.1) is 10.4 Å². The first-order valence-electron chi connectivity index (χ1n) is 31.6. The molecule has 0 spiro atoms. The third kappa shape index (κ3) is 17.3. The zero-order chi connectivity index (χ0) is 66.2. The highest BCUT2D eigenvalue weighted by Gasteiger charge is 2.47. The van der Waals surface area contributed by atoms with E-state index >= 15 is 4.79 Å². The Morgan fingerprint density at radius 2 is 1.63 bits per heavy atom. The highest BCUT2D eigenvalue weighted by molar-refractivity contribution is 7.39. The number of nitrogens with one attached hydrogen (secondary N) is 7. The maximum Gasteiger partial charge on any atom is 0.389 e. The molecule has 4 aromatic rings. The number of likely N-dealkylation sites (N-methyl/N-ethyl adjacent to an activating group) is 1. The summed E-state index contributed by atoms with van der Waals surface area (Å²) in [5, 5.41) is 25.5. The molecule has 1 unspecified atom stereocenters. The third-order valence-corrected chi connectivity index (χ3v) is 19.6. The van der Waals surface area contributed by atoms with E-state index in [0.717, 1.165) is 71.5 Å². The number of imide groups is 1. The number of anilines is 1. The van der Waals surface area contributed by atoms with Gasteiger partial charge in [-0.2, -0.15) is 8.78 Å². The normalized spacial score (nSPS) is 20.8. The van der Waals surface area contributed by atoms with E-state index in [-0.39, 0.29) is 97.5 Å². The van der Waals surface area contributed by atoms with Crippen LogP contribution >= 0.6 is 19.9 Å². The minimum atomic E-state index is -4.03. The lowest BCUT2D eigenvalue weighted by Crippen LogP contribution is -2.62. The van der Waals surface area contributed by atoms with Crippen LogP contribution in [0.1, 0.15) is 134 Å². The van der Waals surface area contributed by atoms with Gasteiger partial charge in [-0.05, 0) is 143 Å². The number of carbonyl (C=O) groups is 8. The molecule has 9 rings (SSSR count). The molecule has 92 heavy (non-hydrogen) atoms. The van der Waals surface area contributed by atoms with E-state index in [9.17, 15) is 42.3 Å². The molecule has 6 atom stereocenters. The van der Waals surface area contributed by atoms with Crippen molar-refractivity contribution in [1.29, 1.82) is 5.41 Å². The number of nitrogens with two attached hydrogens (primary N) is 1. The fourth-order valence-electron chi connectivity index (χ4n) is 13.0. The Labute approximate surface area is 539 Å². The first kappa shape index (κ1) is 69.1. The lowest BCUT2D eigenvalue weighted by molar-refractivity contribution is -0.189. The predicted octanol–water partition coefficient (Wildman–Crippen LogP) is 4.57. The molecule has 4 saturated heterocycles. The maximum absolute atomic E-state index is 15.1. The number of piperidine rings is 2. The lowest BCUT2D eigenvalue weighted by Gasteiger charge is -2.39. The summed E-state index contributed by atoms with van der Waals surface area (Å²) in [6.45, 7) is 10.2. The number of likely N-dealkylation sites (tertiary alicyclic amines) is 1. The smallest absolute Gasteiger partial charge is 0.385 e. The molecular weight excluding hydrogens is 1230 g/mol. The molecule has 0 saturated carbocycles. The van der Waals surface area contributed by atoms with E-state index in [1.54, 1.807) is 11.0 Å². The first-order chi connectivity index (χ1) is 43.7. The molecule has 11 N–H and O–H groups in total. The summed E-state index contributed by atoms with van der Waals surface area (Å²) in [5.41, 5.74) is 8.89. The van der Waals surface area contributed by atoms with Crippen LogP contribution in [0.3, 0.4) is 0 Å². The molecule has 1 aromatic heterocycles. The van der Waals surface area contributed by atoms with Crippen molar-refractivity contribution in [3.63, 3.8) is 0 Å². The zero-order valence-corrected chi connectivity index (χ0v) is 54.4. The number of amides is 8. The van der Waals surface area contributed by atoms with Crippen LogP contribution in [-0.4, -0.2) is 190 Å². The quantitative estimate of drug-likeness (QED) is 0.0143. The van der Waals surface area contributed by atoms with E-state index in [0.29, 0.717) is 68.3 Å². The Hall–Kier alpha value is -7.26. The monoisotopic (exact) mass is 1310 g/mol. The van der Waals surface area contributed by atoms with Crippen molar-refractivity contribution in [3.05, 3.63) is 99.4 Å². The molecule has 0 radical (unpaired) electrons. The minimum absolute atomic E-state index is 0.0695. The molecule has 6 heterocycles. The summed E-state index contributed by atoms with van der Waals surface area (Å²) in [5.74, 6) is -3.64. The van der Waals surface area contributed by atoms with Crippen LogP contribution in [0.5, 0.6) is 0 Å². The van der Waals surface area contributed by atoms with Gasteiger partial charge in [0, 0.05) is 99.3 Å². The van der Waals surface area contributed by atoms with Gasteiger partial charge < -0.3 is 61.7 Å². The topological polar surface area (TPSA) is 325 Å². The van der Waals surface area contributed by atoms with Crippen molar-refractivity contribution < 1.29 is 61.4 Å². The minimum Gasteiger partial charge on any atom is -0.385 e. The van der Waals surface area contributed by atoms with Gasteiger partial charge in [-0.15, -0.1) is 11.3 Å². The van der Waals surface area contributed by atoms with Gasteiger partial charge >= 0.3 is 14.7 Å². The number of nitrogens with zero attached hydrogens (tertiary/aromatic N) is 5. The fraction of sp³-hybridized carbons (Fsp3) is 0.547. The summed E-state index contributed by atoms with van der Waals surface area (Å²) in [7, 11) is 0.470. The maximum atomic E-state index is 15.1. The Morgan fingerprint density at radius 3 is 2.33 bits per heavy atom. The molecule has 0 aliphatic carbocycles. The van der Waals surface area contributed by atoms with Crippen LogP contribution in [0.4, 0.5) is 14.5 Å². The van der Waals surface area contributed by atoms with Crippen molar-refractivity contribution in [3.8, 4) is 0 Å². The first-order valence-corrected chi connectivity index (χ1v) is 33.6. The van der Waals surface area contributed by atoms with E-state index in [2.05, 4.69) is 62.1 Å². The average molecular weight is 1310 g/mol. The van der Waals surface area contributed by atoms with E-state index < -0.39 is 86.1 Å². The SMILES string of the molecule is CN(C)CCN1CC[C@H]2CC[C@@H](C(=O)N[C@@H](CCCNC(=N)N)C(=O)N[C@@H](Cc3ccc(C(C)(C)C)cc3)C(=O)N3CCC(CCCNc4cccc5c4CN(C4CCC(=O)NC4=O)C5=O)CC3)N2C(=O)[C@@H](NC(=O)c2cc3cc(C(F)(F)OP(O)O)ccc3s2)C1. The third-order valence-electron chi connectivity index (χ3n) is 18.1. The molecule has 0 bridgehead atoms. The second kappa shape index (κ2) is 30.2. The van der Waals surface area contributed by atoms with Crippen molar-refractivity contribution in [2.45, 2.75) is 152 Å². The van der Waals surface area contributed by atoms with Crippen LogP contribution in [0, 0.1) is 11.3 Å². The lowest BCUT2D eigenvalue weighted by atomic mass is 9.86. The summed E-state index contributed by atoms with van der Waals surface area (Å²) in [6, 6.07) is 12.8. The van der Waals surface area contributed by atoms with Crippen LogP contribution in [0.25, 0.3) is 10.1 Å². The molecule has 3 aromatic carbocycles. The second-order valence-corrected chi connectivity index (χ2v) is 27.7. The number of alkyl halides is 2. The predicted molar refractivity (Wildman–Crippen MR) is 344 cm³/mol. The molecule has 5 aliphatic heterocycles. The van der Waals surface area contributed by atoms with Gasteiger partial charge in [-0.25, -0.2) is 4.52 Å². The number of thiophene rings is 1. The number of benzene rings is 3. The van der Waals surface area contributed by atoms with Crippen molar-refractivity contribution in [1.82, 2.24) is 51.1 Å². The number of halogens is 2. The van der Waals surface area contributed by atoms with Crippen LogP contribution in [0.2, 0.25) is 0 Å². The number of carbonyl (C=O) groups excluding carboxylic acids is 8. The second-order valence-electron chi connectivity index (χ2n) is 26.0. The number of guanidine groups is 1. The van der Waals surface area contributed by atoms with Gasteiger partial charge in [0.25, 0.3) is 11.8 Å². The van der Waals surface area contributed by atoms with Crippen molar-refractivity contribution >= 4 is 88.9 Å². The zero-order valence-electron chi connectivity index (χ0n) is 52.7. The Morgan fingerprint density at radius 1 is 0.891 bits per heavy atom. The standard InChI is InChI=1S/C64H86F2N13O11PS/c1-63(2,3)41-15-13-39(14-16-41)33-48(60(86)77-29-23-38(24-30-77)9-7-26-69-46-11-6-10-44-45(46)36-78(59(44)85)50-20-22-54(80)74-56(50)82)72-55(81)47(12-8-27-70-62(67)68)71-57(83)51-19-18-43-25-28-76(32-31-75(4)5)37-49(61(87)79(43)51)73-58(84)53-35-40-34-42(17-21-52(40)92-53)64(65,66)90-91(88)89/h6,10-11,13-17,21,34-35,38,43,47-51,69,88-89H,7-9,12,18-20,22-33,36-37H2,1-5H3,(H,71,83)(H,72,81)(H,73,84)(H4,67,68,70)(H,74,80,82)/t43-,47+,48+,49+,50?,51+/m1/s1. The summed E-state index contributed by atoms with van der Waals surface area (Å²) < 4.78 is 34.0. The molecule has 28 heteroatoms. The molecule has 5 aliphatic rings. The summed E-state index contributed by atoms with van der Waals surface area (Å²) >= 11 is 1.01. The van der Waals surface area contributed by atoms with Gasteiger partial charge in [0.15, 0.2) is 5.96 Å². The van der Waals surface area contributed by atoms with E-state index in [1.807, 2.05) is 55.4 Å². The van der Waals surface area contributed by atoms with Gasteiger partial charge in [0.2, 0.25) is 35.4 Å². The molecular formula is C64H86F2N13O11PS. The van der Waals surface area contributed by atoms with Crippen LogP contribution < -0.4 is 37.6 Å². The van der Waals surface area contributed by atoms with E-state index in [1.165, 1.54) is 21.9 Å². The van der Waals surface area contributed by atoms with E-state index in [4.69, 9.17) is 20.9 Å². The van der Waals surface area contributed by atoms with Gasteiger partial charge in [-0.1, -0.05) is 51.1 Å². The molecule has 8 amide bonds. The van der Waals surface area contributed by atoms with Crippen molar-refractivity contribution in [2.24, 2.45) is 11.7 Å². The summed E-state index contributed by atoms with van der Waals surface area (Å²) in [6.07, 6.45) is 1.30. The molecule has 498 valence electrons. The fourth-order valence-corrected chi connectivity index (χ4v) is 14.3. The Balaban J connectivity index is 0.872. The Bertz CT molecular complexity index is 3380. The number of fused-ring (bicyclic) bond motifs is 3. The van der Waals surface area contributed by atoms with Gasteiger partial charge in [0.1, 0.15) is 30.2 Å². The molecule has 4 fully saturated rings. The molecule has 24 nitrogen and oxygen atoms in total. The Kier molecular flexibility index (Phi) is 22.7. The summed E-state index contributed by atoms with van der Waals surface area (Å²) in [4.78, 5) is 139. The number of hydrogen-bond acceptors (Lipinski definition) is 16.